The van der Waals surface area contributed by atoms with E-state index >= 15 is 0 Å². The maximum Gasteiger partial charge on any atom is 0.0832 e. The van der Waals surface area contributed by atoms with E-state index in [1.165, 1.54) is 12.8 Å². The molecule has 1 atom stereocenters. The van der Waals surface area contributed by atoms with Gasteiger partial charge in [-0.1, -0.05) is 6.92 Å². The van der Waals surface area contributed by atoms with E-state index in [4.69, 9.17) is 4.74 Å². The van der Waals surface area contributed by atoms with Crippen molar-refractivity contribution in [3.05, 3.63) is 0 Å². The minimum atomic E-state index is 0.116. The number of nitrogens with one attached hydrogen (secondary N) is 1. The maximum absolute atomic E-state index is 5.83. The third-order valence-electron chi connectivity index (χ3n) is 3.44. The second-order valence-corrected chi connectivity index (χ2v) is 4.32. The lowest BCUT2D eigenvalue weighted by molar-refractivity contribution is -0.0967. The van der Waals surface area contributed by atoms with Crippen molar-refractivity contribution in [3.8, 4) is 0 Å². The molecule has 1 aliphatic heterocycles. The van der Waals surface area contributed by atoms with Crippen molar-refractivity contribution < 1.29 is 4.74 Å². The van der Waals surface area contributed by atoms with Gasteiger partial charge in [-0.2, -0.15) is 0 Å². The van der Waals surface area contributed by atoms with Gasteiger partial charge in [-0.15, -0.1) is 0 Å². The van der Waals surface area contributed by atoms with Gasteiger partial charge in [0.15, 0.2) is 0 Å². The first kappa shape index (κ1) is 7.56. The monoisotopic (exact) mass is 155 g/mol. The molecule has 0 aromatic rings. The summed E-state index contributed by atoms with van der Waals surface area (Å²) in [5.74, 6) is 0. The smallest absolute Gasteiger partial charge is 0.0832 e. The number of morpholine rings is 1. The van der Waals surface area contributed by atoms with Gasteiger partial charge in [0, 0.05) is 13.1 Å². The molecule has 1 unspecified atom stereocenters. The molecule has 2 heteroatoms. The van der Waals surface area contributed by atoms with Crippen LogP contribution in [0.5, 0.6) is 0 Å². The second kappa shape index (κ2) is 2.20. The van der Waals surface area contributed by atoms with Gasteiger partial charge in [0.2, 0.25) is 0 Å². The highest BCUT2D eigenvalue weighted by molar-refractivity contribution is 5.06. The lowest BCUT2D eigenvalue weighted by Gasteiger charge is -2.39. The van der Waals surface area contributed by atoms with Gasteiger partial charge in [0.1, 0.15) is 0 Å². The van der Waals surface area contributed by atoms with Crippen molar-refractivity contribution in [2.24, 2.45) is 5.41 Å². The van der Waals surface area contributed by atoms with E-state index in [-0.39, 0.29) is 5.60 Å². The Balaban J connectivity index is 2.07. The van der Waals surface area contributed by atoms with E-state index < -0.39 is 0 Å². The zero-order valence-corrected chi connectivity index (χ0v) is 7.44. The summed E-state index contributed by atoms with van der Waals surface area (Å²) >= 11 is 0. The second-order valence-electron chi connectivity index (χ2n) is 4.32. The molecule has 0 bridgehead atoms. The summed E-state index contributed by atoms with van der Waals surface area (Å²) in [4.78, 5) is 0. The molecule has 1 saturated heterocycles. The molecule has 1 saturated carbocycles. The van der Waals surface area contributed by atoms with Crippen molar-refractivity contribution in [3.63, 3.8) is 0 Å². The molecule has 0 amide bonds. The van der Waals surface area contributed by atoms with Crippen LogP contribution >= 0.6 is 0 Å². The van der Waals surface area contributed by atoms with Crippen molar-refractivity contribution in [1.82, 2.24) is 5.32 Å². The lowest BCUT2D eigenvalue weighted by atomic mass is 9.86. The molecule has 2 fully saturated rings. The Labute approximate surface area is 68.3 Å². The van der Waals surface area contributed by atoms with Gasteiger partial charge in [-0.25, -0.2) is 0 Å². The van der Waals surface area contributed by atoms with Gasteiger partial charge in [0.25, 0.3) is 0 Å². The summed E-state index contributed by atoms with van der Waals surface area (Å²) in [6, 6.07) is 0. The summed E-state index contributed by atoms with van der Waals surface area (Å²) in [7, 11) is 0. The van der Waals surface area contributed by atoms with Crippen molar-refractivity contribution >= 4 is 0 Å². The average molecular weight is 155 g/mol. The molecule has 2 rings (SSSR count). The lowest BCUT2D eigenvalue weighted by Crippen LogP contribution is -2.52. The number of rotatable bonds is 1. The fourth-order valence-electron chi connectivity index (χ4n) is 1.83. The Kier molecular flexibility index (Phi) is 1.52. The van der Waals surface area contributed by atoms with Crippen LogP contribution in [-0.2, 0) is 4.74 Å². The zero-order chi connectivity index (χ0) is 7.95. The minimum Gasteiger partial charge on any atom is -0.372 e. The van der Waals surface area contributed by atoms with Crippen LogP contribution in [0, 0.1) is 5.41 Å². The van der Waals surface area contributed by atoms with Crippen LogP contribution in [0.4, 0.5) is 0 Å². The van der Waals surface area contributed by atoms with E-state index in [1.807, 2.05) is 0 Å². The fourth-order valence-corrected chi connectivity index (χ4v) is 1.83. The van der Waals surface area contributed by atoms with Crippen LogP contribution in [0.1, 0.15) is 26.7 Å². The molecule has 11 heavy (non-hydrogen) atoms. The maximum atomic E-state index is 5.83. The van der Waals surface area contributed by atoms with Crippen LogP contribution in [0.3, 0.4) is 0 Å². The summed E-state index contributed by atoms with van der Waals surface area (Å²) in [6.07, 6.45) is 2.68. The normalized spacial score (nSPS) is 42.0. The molecule has 0 radical (unpaired) electrons. The SMILES string of the molecule is CC1(C2(C)CNCCO2)CC1. The van der Waals surface area contributed by atoms with Crippen LogP contribution in [0.2, 0.25) is 0 Å². The molecule has 0 aromatic heterocycles. The molecular weight excluding hydrogens is 138 g/mol. The molecule has 1 heterocycles. The van der Waals surface area contributed by atoms with Crippen LogP contribution < -0.4 is 5.32 Å². The van der Waals surface area contributed by atoms with E-state index in [0.29, 0.717) is 5.41 Å². The highest BCUT2D eigenvalue weighted by Gasteiger charge is 2.54. The third kappa shape index (κ3) is 1.09. The number of ether oxygens (including phenoxy) is 1. The molecule has 2 nitrogen and oxygen atoms in total. The molecular formula is C9H17NO. The summed E-state index contributed by atoms with van der Waals surface area (Å²) in [6.45, 7) is 7.51. The first-order valence-electron chi connectivity index (χ1n) is 4.51. The van der Waals surface area contributed by atoms with Gasteiger partial charge in [0.05, 0.1) is 12.2 Å². The van der Waals surface area contributed by atoms with Crippen LogP contribution in [-0.4, -0.2) is 25.3 Å². The van der Waals surface area contributed by atoms with Gasteiger partial charge in [-0.05, 0) is 25.2 Å². The Morgan fingerprint density at radius 1 is 1.27 bits per heavy atom. The quantitative estimate of drug-likeness (QED) is 0.613. The highest BCUT2D eigenvalue weighted by Crippen LogP contribution is 2.55. The minimum absolute atomic E-state index is 0.116. The predicted molar refractivity (Wildman–Crippen MR) is 44.6 cm³/mol. The van der Waals surface area contributed by atoms with Crippen molar-refractivity contribution in [2.75, 3.05) is 19.7 Å². The standard InChI is InChI=1S/C9H17NO/c1-8(3-4-8)9(2)7-10-5-6-11-9/h10H,3-7H2,1-2H3. The van der Waals surface area contributed by atoms with Crippen LogP contribution in [0.25, 0.3) is 0 Å². The zero-order valence-electron chi connectivity index (χ0n) is 7.44. The first-order valence-corrected chi connectivity index (χ1v) is 4.51. The molecule has 1 aliphatic carbocycles. The Morgan fingerprint density at radius 3 is 2.45 bits per heavy atom. The Hall–Kier alpha value is -0.0800. The molecule has 2 aliphatic rings. The molecule has 0 spiro atoms. The first-order chi connectivity index (χ1) is 5.16. The Bertz CT molecular complexity index is 157. The highest BCUT2D eigenvalue weighted by atomic mass is 16.5. The average Bonchev–Trinajstić information content (AvgIpc) is 2.71. The predicted octanol–water partition coefficient (Wildman–Crippen LogP) is 1.17. The van der Waals surface area contributed by atoms with E-state index in [1.54, 1.807) is 0 Å². The summed E-state index contributed by atoms with van der Waals surface area (Å²) in [5, 5.41) is 3.40. The molecule has 64 valence electrons. The number of hydrogen-bond acceptors (Lipinski definition) is 2. The van der Waals surface area contributed by atoms with Gasteiger partial charge < -0.3 is 10.1 Å². The topological polar surface area (TPSA) is 21.3 Å². The van der Waals surface area contributed by atoms with E-state index in [9.17, 15) is 0 Å². The Morgan fingerprint density at radius 2 is 2.00 bits per heavy atom. The fraction of sp³-hybridized carbons (Fsp3) is 1.00. The van der Waals surface area contributed by atoms with Crippen LogP contribution in [0.15, 0.2) is 0 Å². The summed E-state index contributed by atoms with van der Waals surface area (Å²) < 4.78 is 5.83. The summed E-state index contributed by atoms with van der Waals surface area (Å²) in [5.41, 5.74) is 0.589. The molecule has 0 aromatic carbocycles. The van der Waals surface area contributed by atoms with Gasteiger partial charge >= 0.3 is 0 Å². The third-order valence-corrected chi connectivity index (χ3v) is 3.44. The number of hydrogen-bond donors (Lipinski definition) is 1. The van der Waals surface area contributed by atoms with Crippen molar-refractivity contribution in [2.45, 2.75) is 32.3 Å². The largest absolute Gasteiger partial charge is 0.372 e. The van der Waals surface area contributed by atoms with E-state index in [2.05, 4.69) is 19.2 Å². The van der Waals surface area contributed by atoms with E-state index in [0.717, 1.165) is 19.7 Å². The van der Waals surface area contributed by atoms with Gasteiger partial charge in [-0.3, -0.25) is 0 Å². The van der Waals surface area contributed by atoms with Crippen molar-refractivity contribution in [1.29, 1.82) is 0 Å². The molecule has 1 N–H and O–H groups in total.